The summed E-state index contributed by atoms with van der Waals surface area (Å²) in [7, 11) is 0. The number of rotatable bonds is 6. The van der Waals surface area contributed by atoms with Crippen LogP contribution in [0.1, 0.15) is 52.1 Å². The van der Waals surface area contributed by atoms with Gasteiger partial charge in [-0.1, -0.05) is 6.07 Å². The van der Waals surface area contributed by atoms with Crippen LogP contribution >= 0.6 is 0 Å². The fourth-order valence-electron chi connectivity index (χ4n) is 3.82. The molecule has 2 aromatic heterocycles. The van der Waals surface area contributed by atoms with E-state index in [1.54, 1.807) is 0 Å². The minimum Gasteiger partial charge on any atom is -0.543 e. The number of carboxylic acid groups (broad SMARTS) is 1. The first-order chi connectivity index (χ1) is 16.6. The van der Waals surface area contributed by atoms with Gasteiger partial charge in [0.15, 0.2) is 11.6 Å². The predicted molar refractivity (Wildman–Crippen MR) is 109 cm³/mol. The number of aromatic carboxylic acids is 1. The Morgan fingerprint density at radius 1 is 1.03 bits per heavy atom. The number of carbonyl (C=O) groups excluding carboxylic acids is 1. The number of carboxylic acids is 1. The first-order valence-corrected chi connectivity index (χ1v) is 10.3. The molecule has 1 aromatic carbocycles. The zero-order chi connectivity index (χ0) is 25.3. The molecule has 0 radical (unpaired) electrons. The van der Waals surface area contributed by atoms with Gasteiger partial charge in [-0.2, -0.15) is 13.2 Å². The van der Waals surface area contributed by atoms with Crippen molar-refractivity contribution in [1.82, 2.24) is 9.97 Å². The van der Waals surface area contributed by atoms with Crippen LogP contribution in [0.3, 0.4) is 0 Å². The molecule has 12 heteroatoms. The van der Waals surface area contributed by atoms with E-state index in [1.165, 1.54) is 18.2 Å². The molecule has 182 valence electrons. The van der Waals surface area contributed by atoms with Gasteiger partial charge in [0, 0.05) is 11.8 Å². The second kappa shape index (κ2) is 11.0. The van der Waals surface area contributed by atoms with E-state index in [9.17, 15) is 36.2 Å². The summed E-state index contributed by atoms with van der Waals surface area (Å²) in [5.74, 6) is -5.77. The zero-order valence-corrected chi connectivity index (χ0v) is 20.8. The molecule has 0 bridgehead atoms. The van der Waals surface area contributed by atoms with Gasteiger partial charge in [-0.3, -0.25) is 0 Å². The SMILES string of the molecule is O=C([O-])c1cccc(C2=C(c3cc(C(F)(F)F)cnc3OCc3c(F)ccc(F)c3F)CCC2)n1.[Na+]. The monoisotopic (exact) mass is 516 g/mol. The van der Waals surface area contributed by atoms with E-state index in [-0.39, 0.29) is 58.8 Å². The third kappa shape index (κ3) is 5.74. The van der Waals surface area contributed by atoms with Crippen LogP contribution in [-0.4, -0.2) is 15.9 Å². The van der Waals surface area contributed by atoms with E-state index in [0.29, 0.717) is 42.3 Å². The number of carbonyl (C=O) groups is 1. The molecule has 0 aliphatic heterocycles. The third-order valence-electron chi connectivity index (χ3n) is 5.48. The fourth-order valence-corrected chi connectivity index (χ4v) is 3.82. The minimum absolute atomic E-state index is 0. The average molecular weight is 516 g/mol. The molecule has 0 N–H and O–H groups in total. The standard InChI is InChI=1S/C24H16F6N2O3.Na/c25-17-7-8-18(26)21(27)16(17)11-35-22-15(9-12(10-31-22)24(28,29)30)13-3-1-4-14(13)19-5-2-6-20(32-19)23(33)34;/h2,5-10H,1,3-4,11H2,(H,33,34);/q;+1/p-1. The van der Waals surface area contributed by atoms with Crippen LogP contribution in [-0.2, 0) is 12.8 Å². The first kappa shape index (κ1) is 27.7. The van der Waals surface area contributed by atoms with Gasteiger partial charge < -0.3 is 14.6 Å². The molecule has 4 rings (SSSR count). The third-order valence-corrected chi connectivity index (χ3v) is 5.48. The van der Waals surface area contributed by atoms with Crippen LogP contribution in [0.2, 0.25) is 0 Å². The van der Waals surface area contributed by atoms with Gasteiger partial charge in [-0.05, 0) is 60.7 Å². The maximum Gasteiger partial charge on any atom is 1.00 e. The number of pyridine rings is 2. The summed E-state index contributed by atoms with van der Waals surface area (Å²) in [5.41, 5.74) is -1.21. The van der Waals surface area contributed by atoms with Crippen LogP contribution in [0.15, 0.2) is 42.6 Å². The van der Waals surface area contributed by atoms with Gasteiger partial charge in [0.1, 0.15) is 12.4 Å². The molecular formula is C24H15F6N2NaO3. The van der Waals surface area contributed by atoms with Crippen molar-refractivity contribution < 1.29 is 70.5 Å². The van der Waals surface area contributed by atoms with Crippen molar-refractivity contribution >= 4 is 17.1 Å². The van der Waals surface area contributed by atoms with Crippen molar-refractivity contribution in [3.63, 3.8) is 0 Å². The molecule has 36 heavy (non-hydrogen) atoms. The summed E-state index contributed by atoms with van der Waals surface area (Å²) in [4.78, 5) is 18.9. The second-order valence-electron chi connectivity index (χ2n) is 7.69. The van der Waals surface area contributed by atoms with E-state index in [1.807, 2.05) is 0 Å². The van der Waals surface area contributed by atoms with Crippen LogP contribution in [0.25, 0.3) is 11.1 Å². The molecule has 0 fully saturated rings. The van der Waals surface area contributed by atoms with Gasteiger partial charge >= 0.3 is 35.7 Å². The Bertz CT molecular complexity index is 1340. The number of nitrogens with zero attached hydrogens (tertiary/aromatic N) is 2. The van der Waals surface area contributed by atoms with E-state index >= 15 is 0 Å². The van der Waals surface area contributed by atoms with E-state index in [2.05, 4.69) is 9.97 Å². The van der Waals surface area contributed by atoms with Crippen molar-refractivity contribution in [2.75, 3.05) is 0 Å². The molecular weight excluding hydrogens is 501 g/mol. The number of allylic oxidation sites excluding steroid dienone is 2. The van der Waals surface area contributed by atoms with Crippen molar-refractivity contribution in [3.05, 3.63) is 88.1 Å². The number of hydrogen-bond acceptors (Lipinski definition) is 5. The van der Waals surface area contributed by atoms with Gasteiger partial charge in [0.05, 0.1) is 28.5 Å². The molecule has 0 spiro atoms. The molecule has 0 saturated carbocycles. The minimum atomic E-state index is -4.74. The molecule has 1 aliphatic carbocycles. The number of benzene rings is 1. The van der Waals surface area contributed by atoms with Gasteiger partial charge in [0.25, 0.3) is 0 Å². The Labute approximate surface area is 223 Å². The van der Waals surface area contributed by atoms with E-state index in [0.717, 1.165) is 6.07 Å². The Morgan fingerprint density at radius 3 is 2.42 bits per heavy atom. The number of hydrogen-bond donors (Lipinski definition) is 0. The van der Waals surface area contributed by atoms with E-state index < -0.39 is 47.3 Å². The quantitative estimate of drug-likeness (QED) is 0.285. The van der Waals surface area contributed by atoms with Gasteiger partial charge in [-0.25, -0.2) is 23.1 Å². The van der Waals surface area contributed by atoms with Gasteiger partial charge in [0.2, 0.25) is 5.88 Å². The Balaban J connectivity index is 0.00000361. The average Bonchev–Trinajstić information content (AvgIpc) is 3.31. The van der Waals surface area contributed by atoms with Crippen molar-refractivity contribution in [1.29, 1.82) is 0 Å². The zero-order valence-electron chi connectivity index (χ0n) is 18.8. The molecule has 2 heterocycles. The maximum atomic E-state index is 14.0. The number of aromatic nitrogens is 2. The molecule has 3 aromatic rings. The molecule has 0 atom stereocenters. The Morgan fingerprint density at radius 2 is 1.72 bits per heavy atom. The summed E-state index contributed by atoms with van der Waals surface area (Å²) in [6.07, 6.45) is -3.05. The number of halogens is 6. The summed E-state index contributed by atoms with van der Waals surface area (Å²) < 4.78 is 87.2. The normalized spacial score (nSPS) is 13.5. The fraction of sp³-hybridized carbons (Fsp3) is 0.208. The topological polar surface area (TPSA) is 75.1 Å². The van der Waals surface area contributed by atoms with Crippen LogP contribution in [0.5, 0.6) is 5.88 Å². The van der Waals surface area contributed by atoms with Crippen LogP contribution < -0.4 is 39.4 Å². The number of alkyl halides is 3. The largest absolute Gasteiger partial charge is 1.00 e. The van der Waals surface area contributed by atoms with Crippen molar-refractivity contribution in [2.45, 2.75) is 32.0 Å². The molecule has 5 nitrogen and oxygen atoms in total. The number of ether oxygens (including phenoxy) is 1. The summed E-state index contributed by atoms with van der Waals surface area (Å²) in [5, 5.41) is 11.2. The predicted octanol–water partition coefficient (Wildman–Crippen LogP) is 1.95. The van der Waals surface area contributed by atoms with Crippen LogP contribution in [0, 0.1) is 17.5 Å². The summed E-state index contributed by atoms with van der Waals surface area (Å²) >= 11 is 0. The smallest absolute Gasteiger partial charge is 0.543 e. The molecule has 1 aliphatic rings. The van der Waals surface area contributed by atoms with Crippen molar-refractivity contribution in [2.24, 2.45) is 0 Å². The van der Waals surface area contributed by atoms with Gasteiger partial charge in [-0.15, -0.1) is 0 Å². The second-order valence-corrected chi connectivity index (χ2v) is 7.69. The first-order valence-electron chi connectivity index (χ1n) is 10.3. The Kier molecular flexibility index (Phi) is 8.48. The molecule has 0 unspecified atom stereocenters. The summed E-state index contributed by atoms with van der Waals surface area (Å²) in [6.45, 7) is -0.832. The Hall–Kier alpha value is -2.89. The van der Waals surface area contributed by atoms with Crippen LogP contribution in [0.4, 0.5) is 26.3 Å². The molecule has 0 amide bonds. The summed E-state index contributed by atoms with van der Waals surface area (Å²) in [6, 6.07) is 6.24. The van der Waals surface area contributed by atoms with E-state index in [4.69, 9.17) is 4.74 Å². The molecule has 0 saturated heterocycles. The maximum absolute atomic E-state index is 14.0. The van der Waals surface area contributed by atoms with Crippen molar-refractivity contribution in [3.8, 4) is 5.88 Å².